The molecule has 0 fully saturated rings. The Hall–Kier alpha value is -2.74. The Morgan fingerprint density at radius 3 is 2.77 bits per heavy atom. The standard InChI is InChI=1S/C18H16BrFN4O2/c1-12-17(22-23-24(12)15-4-2-3-13(19)11-15)18(25)21-9-10-26-16-7-5-14(20)6-8-16/h2-8,11H,9-10H2,1H3,(H,21,25). The number of nitrogens with one attached hydrogen (secondary N) is 1. The summed E-state index contributed by atoms with van der Waals surface area (Å²) >= 11 is 3.41. The first kappa shape index (κ1) is 18.1. The number of carbonyl (C=O) groups is 1. The van der Waals surface area contributed by atoms with Gasteiger partial charge >= 0.3 is 0 Å². The van der Waals surface area contributed by atoms with Gasteiger partial charge in [0.05, 0.1) is 17.9 Å². The molecule has 1 amide bonds. The van der Waals surface area contributed by atoms with Crippen LogP contribution in [0.3, 0.4) is 0 Å². The van der Waals surface area contributed by atoms with E-state index in [4.69, 9.17) is 4.74 Å². The molecule has 0 spiro atoms. The van der Waals surface area contributed by atoms with E-state index in [0.717, 1.165) is 10.2 Å². The van der Waals surface area contributed by atoms with E-state index in [1.165, 1.54) is 24.3 Å². The van der Waals surface area contributed by atoms with Crippen molar-refractivity contribution in [1.29, 1.82) is 0 Å². The van der Waals surface area contributed by atoms with Crippen LogP contribution in [0.25, 0.3) is 5.69 Å². The lowest BCUT2D eigenvalue weighted by Gasteiger charge is -2.07. The van der Waals surface area contributed by atoms with Gasteiger partial charge in [-0.15, -0.1) is 5.10 Å². The topological polar surface area (TPSA) is 69.0 Å². The third-order valence-corrected chi connectivity index (χ3v) is 4.13. The number of aromatic nitrogens is 3. The molecule has 0 aliphatic carbocycles. The van der Waals surface area contributed by atoms with Crippen LogP contribution in [0.5, 0.6) is 5.75 Å². The Balaban J connectivity index is 1.57. The number of benzene rings is 2. The molecule has 1 heterocycles. The van der Waals surface area contributed by atoms with Gasteiger partial charge in [0.1, 0.15) is 18.2 Å². The zero-order valence-corrected chi connectivity index (χ0v) is 15.5. The molecule has 26 heavy (non-hydrogen) atoms. The molecule has 1 aromatic heterocycles. The number of hydrogen-bond acceptors (Lipinski definition) is 4. The molecular weight excluding hydrogens is 403 g/mol. The minimum atomic E-state index is -0.327. The van der Waals surface area contributed by atoms with Gasteiger partial charge in [0.25, 0.3) is 5.91 Å². The summed E-state index contributed by atoms with van der Waals surface area (Å²) in [5.74, 6) is -0.112. The molecule has 0 atom stereocenters. The highest BCUT2D eigenvalue weighted by atomic mass is 79.9. The fourth-order valence-electron chi connectivity index (χ4n) is 2.34. The van der Waals surface area contributed by atoms with Crippen molar-refractivity contribution in [3.63, 3.8) is 0 Å². The van der Waals surface area contributed by atoms with Gasteiger partial charge < -0.3 is 10.1 Å². The molecule has 8 heteroatoms. The summed E-state index contributed by atoms with van der Waals surface area (Å²) in [7, 11) is 0. The van der Waals surface area contributed by atoms with E-state index in [1.807, 2.05) is 24.3 Å². The Morgan fingerprint density at radius 2 is 2.04 bits per heavy atom. The molecular formula is C18H16BrFN4O2. The highest BCUT2D eigenvalue weighted by molar-refractivity contribution is 9.10. The minimum Gasteiger partial charge on any atom is -0.492 e. The normalized spacial score (nSPS) is 10.6. The Morgan fingerprint density at radius 1 is 1.27 bits per heavy atom. The van der Waals surface area contributed by atoms with Gasteiger partial charge in [0, 0.05) is 4.47 Å². The number of halogens is 2. The first-order valence-corrected chi connectivity index (χ1v) is 8.68. The summed E-state index contributed by atoms with van der Waals surface area (Å²) in [6.45, 7) is 2.33. The van der Waals surface area contributed by atoms with Crippen molar-refractivity contribution < 1.29 is 13.9 Å². The number of ether oxygens (including phenoxy) is 1. The summed E-state index contributed by atoms with van der Waals surface area (Å²) < 4.78 is 20.8. The third-order valence-electron chi connectivity index (χ3n) is 3.63. The van der Waals surface area contributed by atoms with Gasteiger partial charge in [-0.3, -0.25) is 4.79 Å². The maximum Gasteiger partial charge on any atom is 0.273 e. The number of amides is 1. The first-order chi connectivity index (χ1) is 12.5. The molecule has 0 aliphatic rings. The van der Waals surface area contributed by atoms with Gasteiger partial charge in [-0.25, -0.2) is 9.07 Å². The highest BCUT2D eigenvalue weighted by Crippen LogP contribution is 2.17. The molecule has 0 aliphatic heterocycles. The SMILES string of the molecule is Cc1c(C(=O)NCCOc2ccc(F)cc2)nnn1-c1cccc(Br)c1. The minimum absolute atomic E-state index is 0.256. The summed E-state index contributed by atoms with van der Waals surface area (Å²) in [5.41, 5.74) is 1.70. The third kappa shape index (κ3) is 4.26. The second kappa shape index (κ2) is 8.09. The smallest absolute Gasteiger partial charge is 0.273 e. The van der Waals surface area contributed by atoms with Crippen LogP contribution in [0, 0.1) is 12.7 Å². The average molecular weight is 419 g/mol. The van der Waals surface area contributed by atoms with Crippen LogP contribution in [0.2, 0.25) is 0 Å². The van der Waals surface area contributed by atoms with E-state index in [-0.39, 0.29) is 24.0 Å². The largest absolute Gasteiger partial charge is 0.492 e. The lowest BCUT2D eigenvalue weighted by Crippen LogP contribution is -2.29. The summed E-state index contributed by atoms with van der Waals surface area (Å²) in [4.78, 5) is 12.3. The number of rotatable bonds is 6. The van der Waals surface area contributed by atoms with Crippen LogP contribution >= 0.6 is 15.9 Å². The Labute approximate surface area is 158 Å². The molecule has 3 aromatic rings. The van der Waals surface area contributed by atoms with Crippen molar-refractivity contribution in [3.8, 4) is 11.4 Å². The molecule has 134 valence electrons. The van der Waals surface area contributed by atoms with Gasteiger partial charge in [0.2, 0.25) is 0 Å². The summed E-state index contributed by atoms with van der Waals surface area (Å²) in [6, 6.07) is 13.3. The zero-order valence-electron chi connectivity index (χ0n) is 13.9. The zero-order chi connectivity index (χ0) is 18.5. The second-order valence-corrected chi connectivity index (χ2v) is 6.39. The summed E-state index contributed by atoms with van der Waals surface area (Å²) in [6.07, 6.45) is 0. The molecule has 1 N–H and O–H groups in total. The van der Waals surface area contributed by atoms with Gasteiger partial charge in [-0.2, -0.15) is 0 Å². The molecule has 0 radical (unpaired) electrons. The Bertz CT molecular complexity index is 912. The van der Waals surface area contributed by atoms with Crippen LogP contribution in [0.4, 0.5) is 4.39 Å². The van der Waals surface area contributed by atoms with Crippen molar-refractivity contribution in [1.82, 2.24) is 20.3 Å². The monoisotopic (exact) mass is 418 g/mol. The van der Waals surface area contributed by atoms with Crippen LogP contribution < -0.4 is 10.1 Å². The predicted molar refractivity (Wildman–Crippen MR) is 98.0 cm³/mol. The fraction of sp³-hybridized carbons (Fsp3) is 0.167. The van der Waals surface area contributed by atoms with Gasteiger partial charge in [-0.05, 0) is 49.4 Å². The van der Waals surface area contributed by atoms with Crippen LogP contribution in [-0.2, 0) is 0 Å². The maximum absolute atomic E-state index is 12.8. The van der Waals surface area contributed by atoms with E-state index < -0.39 is 0 Å². The van der Waals surface area contributed by atoms with Crippen LogP contribution in [-0.4, -0.2) is 34.1 Å². The number of hydrogen-bond donors (Lipinski definition) is 1. The van der Waals surface area contributed by atoms with Crippen molar-refractivity contribution in [2.45, 2.75) is 6.92 Å². The Kier molecular flexibility index (Phi) is 5.62. The average Bonchev–Trinajstić information content (AvgIpc) is 3.01. The molecule has 0 unspecified atom stereocenters. The highest BCUT2D eigenvalue weighted by Gasteiger charge is 2.17. The molecule has 6 nitrogen and oxygen atoms in total. The van der Waals surface area contributed by atoms with Gasteiger partial charge in [-0.1, -0.05) is 27.2 Å². The molecule has 0 bridgehead atoms. The lowest BCUT2D eigenvalue weighted by molar-refractivity contribution is 0.0941. The van der Waals surface area contributed by atoms with E-state index >= 15 is 0 Å². The summed E-state index contributed by atoms with van der Waals surface area (Å²) in [5, 5.41) is 10.8. The molecule has 0 saturated carbocycles. The number of carbonyl (C=O) groups excluding carboxylic acids is 1. The molecule has 3 rings (SSSR count). The number of nitrogens with zero attached hydrogens (tertiary/aromatic N) is 3. The van der Waals surface area contributed by atoms with Crippen molar-refractivity contribution in [3.05, 3.63) is 70.2 Å². The van der Waals surface area contributed by atoms with Crippen LogP contribution in [0.1, 0.15) is 16.2 Å². The van der Waals surface area contributed by atoms with E-state index in [2.05, 4.69) is 31.6 Å². The first-order valence-electron chi connectivity index (χ1n) is 7.89. The fourth-order valence-corrected chi connectivity index (χ4v) is 2.73. The van der Waals surface area contributed by atoms with E-state index in [0.29, 0.717) is 18.0 Å². The van der Waals surface area contributed by atoms with Crippen molar-refractivity contribution >= 4 is 21.8 Å². The van der Waals surface area contributed by atoms with E-state index in [9.17, 15) is 9.18 Å². The van der Waals surface area contributed by atoms with Crippen molar-refractivity contribution in [2.24, 2.45) is 0 Å². The lowest BCUT2D eigenvalue weighted by atomic mass is 10.3. The molecule has 0 saturated heterocycles. The van der Waals surface area contributed by atoms with E-state index in [1.54, 1.807) is 11.6 Å². The van der Waals surface area contributed by atoms with Crippen molar-refractivity contribution in [2.75, 3.05) is 13.2 Å². The van der Waals surface area contributed by atoms with Gasteiger partial charge in [0.15, 0.2) is 5.69 Å². The molecule has 2 aromatic carbocycles. The quantitative estimate of drug-likeness (QED) is 0.623. The maximum atomic E-state index is 12.8. The predicted octanol–water partition coefficient (Wildman–Crippen LogP) is 3.29. The van der Waals surface area contributed by atoms with Crippen LogP contribution in [0.15, 0.2) is 53.0 Å². The second-order valence-electron chi connectivity index (χ2n) is 5.47.